The van der Waals surface area contributed by atoms with Gasteiger partial charge in [0.1, 0.15) is 5.75 Å². The Labute approximate surface area is 117 Å². The minimum atomic E-state index is 0.0594. The number of carbonyl (C=O) groups excluding carboxylic acids is 1. The molecule has 0 saturated heterocycles. The molecule has 0 unspecified atom stereocenters. The van der Waals surface area contributed by atoms with Crippen molar-refractivity contribution < 1.29 is 9.53 Å². The summed E-state index contributed by atoms with van der Waals surface area (Å²) in [6.07, 6.45) is 0. The molecule has 2 aromatic rings. The van der Waals surface area contributed by atoms with Crippen molar-refractivity contribution in [3.63, 3.8) is 0 Å². The summed E-state index contributed by atoms with van der Waals surface area (Å²) in [5.41, 5.74) is 0.688. The maximum Gasteiger partial charge on any atom is 0.159 e. The van der Waals surface area contributed by atoms with E-state index in [4.69, 9.17) is 4.74 Å². The molecule has 0 aliphatic heterocycles. The fraction of sp³-hybridized carbons (Fsp3) is 0.188. The van der Waals surface area contributed by atoms with Crippen LogP contribution in [-0.2, 0) is 0 Å². The van der Waals surface area contributed by atoms with Crippen LogP contribution in [-0.4, -0.2) is 18.1 Å². The van der Waals surface area contributed by atoms with Crippen LogP contribution in [0.4, 0.5) is 0 Å². The molecule has 0 aromatic heterocycles. The molecule has 0 bridgehead atoms. The largest absolute Gasteiger partial charge is 0.493 e. The van der Waals surface area contributed by atoms with E-state index in [0.29, 0.717) is 12.2 Å². The van der Waals surface area contributed by atoms with Crippen LogP contribution in [0.15, 0.2) is 59.5 Å². The molecule has 3 heteroatoms. The third kappa shape index (κ3) is 4.45. The molecule has 0 aliphatic carbocycles. The zero-order valence-electron chi connectivity index (χ0n) is 10.8. The first kappa shape index (κ1) is 13.7. The van der Waals surface area contributed by atoms with E-state index in [9.17, 15) is 4.79 Å². The Morgan fingerprint density at radius 1 is 1.11 bits per heavy atom. The lowest BCUT2D eigenvalue weighted by Crippen LogP contribution is -2.01. The molecule has 0 N–H and O–H groups in total. The van der Waals surface area contributed by atoms with Crippen molar-refractivity contribution in [1.82, 2.24) is 0 Å². The predicted octanol–water partition coefficient (Wildman–Crippen LogP) is 4.06. The first-order chi connectivity index (χ1) is 9.25. The van der Waals surface area contributed by atoms with Gasteiger partial charge in [0.15, 0.2) is 5.78 Å². The summed E-state index contributed by atoms with van der Waals surface area (Å²) in [5.74, 6) is 1.69. The van der Waals surface area contributed by atoms with Crippen LogP contribution in [0.5, 0.6) is 5.75 Å². The van der Waals surface area contributed by atoms with Gasteiger partial charge in [-0.25, -0.2) is 0 Å². The van der Waals surface area contributed by atoms with Crippen molar-refractivity contribution in [3.8, 4) is 5.75 Å². The third-order valence-electron chi connectivity index (χ3n) is 2.60. The van der Waals surface area contributed by atoms with Gasteiger partial charge in [0.05, 0.1) is 6.61 Å². The Hall–Kier alpha value is -1.74. The summed E-state index contributed by atoms with van der Waals surface area (Å²) in [4.78, 5) is 12.5. The molecular formula is C16H16O2S. The molecule has 2 nitrogen and oxygen atoms in total. The maximum atomic E-state index is 11.3. The highest BCUT2D eigenvalue weighted by atomic mass is 32.2. The monoisotopic (exact) mass is 272 g/mol. The van der Waals surface area contributed by atoms with Gasteiger partial charge in [0.2, 0.25) is 0 Å². The summed E-state index contributed by atoms with van der Waals surface area (Å²) >= 11 is 1.76. The van der Waals surface area contributed by atoms with Gasteiger partial charge in [0, 0.05) is 16.2 Å². The van der Waals surface area contributed by atoms with Crippen LogP contribution < -0.4 is 4.74 Å². The van der Waals surface area contributed by atoms with E-state index in [1.54, 1.807) is 30.8 Å². The minimum absolute atomic E-state index is 0.0594. The third-order valence-corrected chi connectivity index (χ3v) is 3.58. The molecule has 0 amide bonds. The molecule has 2 rings (SSSR count). The number of Topliss-reactive ketones (excluding diaryl/α,β-unsaturated/α-hetero) is 1. The molecule has 0 radical (unpaired) electrons. The summed E-state index contributed by atoms with van der Waals surface area (Å²) in [7, 11) is 0. The molecule has 2 aromatic carbocycles. The lowest BCUT2D eigenvalue weighted by molar-refractivity contribution is 0.101. The Morgan fingerprint density at radius 2 is 1.89 bits per heavy atom. The molecule has 0 spiro atoms. The lowest BCUT2D eigenvalue weighted by Gasteiger charge is -2.07. The molecule has 0 fully saturated rings. The Bertz CT molecular complexity index is 537. The van der Waals surface area contributed by atoms with Crippen molar-refractivity contribution in [2.75, 3.05) is 12.4 Å². The number of ether oxygens (including phenoxy) is 1. The van der Waals surface area contributed by atoms with Gasteiger partial charge in [0.25, 0.3) is 0 Å². The number of ketones is 1. The average Bonchev–Trinajstić information content (AvgIpc) is 2.45. The van der Waals surface area contributed by atoms with Crippen molar-refractivity contribution in [2.24, 2.45) is 0 Å². The van der Waals surface area contributed by atoms with E-state index in [1.165, 1.54) is 4.90 Å². The van der Waals surface area contributed by atoms with Crippen LogP contribution in [0.25, 0.3) is 0 Å². The van der Waals surface area contributed by atoms with Gasteiger partial charge in [-0.05, 0) is 31.2 Å². The first-order valence-electron chi connectivity index (χ1n) is 6.17. The average molecular weight is 272 g/mol. The van der Waals surface area contributed by atoms with Gasteiger partial charge in [-0.1, -0.05) is 30.3 Å². The van der Waals surface area contributed by atoms with Crippen LogP contribution >= 0.6 is 11.8 Å². The Morgan fingerprint density at radius 3 is 2.63 bits per heavy atom. The Kier molecular flexibility index (Phi) is 5.04. The van der Waals surface area contributed by atoms with Gasteiger partial charge < -0.3 is 4.74 Å². The van der Waals surface area contributed by atoms with Gasteiger partial charge in [-0.3, -0.25) is 4.79 Å². The Balaban J connectivity index is 1.80. The maximum absolute atomic E-state index is 11.3. The van der Waals surface area contributed by atoms with Crippen LogP contribution in [0.1, 0.15) is 17.3 Å². The highest BCUT2D eigenvalue weighted by molar-refractivity contribution is 7.99. The predicted molar refractivity (Wildman–Crippen MR) is 79.1 cm³/mol. The topological polar surface area (TPSA) is 26.3 Å². The summed E-state index contributed by atoms with van der Waals surface area (Å²) in [6.45, 7) is 2.19. The first-order valence-corrected chi connectivity index (χ1v) is 7.16. The molecule has 0 saturated carbocycles. The van der Waals surface area contributed by atoms with Crippen molar-refractivity contribution in [3.05, 3.63) is 60.2 Å². The smallest absolute Gasteiger partial charge is 0.159 e. The van der Waals surface area contributed by atoms with Crippen LogP contribution in [0, 0.1) is 0 Å². The summed E-state index contributed by atoms with van der Waals surface area (Å²) in [6, 6.07) is 17.5. The van der Waals surface area contributed by atoms with E-state index < -0.39 is 0 Å². The minimum Gasteiger partial charge on any atom is -0.493 e. The number of carbonyl (C=O) groups is 1. The number of thioether (sulfide) groups is 1. The zero-order valence-corrected chi connectivity index (χ0v) is 11.7. The fourth-order valence-corrected chi connectivity index (χ4v) is 2.39. The normalized spacial score (nSPS) is 10.2. The number of rotatable bonds is 6. The lowest BCUT2D eigenvalue weighted by atomic mass is 10.1. The summed E-state index contributed by atoms with van der Waals surface area (Å²) in [5, 5.41) is 0. The molecule has 0 heterocycles. The second-order valence-electron chi connectivity index (χ2n) is 4.09. The molecule has 0 aliphatic rings. The van der Waals surface area contributed by atoms with Gasteiger partial charge >= 0.3 is 0 Å². The van der Waals surface area contributed by atoms with Crippen molar-refractivity contribution in [2.45, 2.75) is 11.8 Å². The number of hydrogen-bond acceptors (Lipinski definition) is 3. The van der Waals surface area contributed by atoms with Crippen molar-refractivity contribution >= 4 is 17.5 Å². The van der Waals surface area contributed by atoms with E-state index in [0.717, 1.165) is 11.5 Å². The zero-order chi connectivity index (χ0) is 13.5. The number of benzene rings is 2. The van der Waals surface area contributed by atoms with E-state index >= 15 is 0 Å². The second kappa shape index (κ2) is 7.00. The van der Waals surface area contributed by atoms with Crippen LogP contribution in [0.3, 0.4) is 0 Å². The van der Waals surface area contributed by atoms with E-state index in [1.807, 2.05) is 30.3 Å². The van der Waals surface area contributed by atoms with Crippen molar-refractivity contribution in [1.29, 1.82) is 0 Å². The van der Waals surface area contributed by atoms with Gasteiger partial charge in [-0.2, -0.15) is 0 Å². The highest BCUT2D eigenvalue weighted by Gasteiger charge is 2.01. The SMILES string of the molecule is CC(=O)c1cccc(OCCSc2ccccc2)c1. The second-order valence-corrected chi connectivity index (χ2v) is 5.26. The fourth-order valence-electron chi connectivity index (χ4n) is 1.64. The number of hydrogen-bond donors (Lipinski definition) is 0. The highest BCUT2D eigenvalue weighted by Crippen LogP contribution is 2.18. The van der Waals surface area contributed by atoms with E-state index in [2.05, 4.69) is 12.1 Å². The quantitative estimate of drug-likeness (QED) is 0.450. The summed E-state index contributed by atoms with van der Waals surface area (Å²) < 4.78 is 5.65. The standard InChI is InChI=1S/C16H16O2S/c1-13(17)14-6-5-7-15(12-14)18-10-11-19-16-8-3-2-4-9-16/h2-9,12H,10-11H2,1H3. The molecule has 19 heavy (non-hydrogen) atoms. The molecular weight excluding hydrogens is 256 g/mol. The van der Waals surface area contributed by atoms with Crippen LogP contribution in [0.2, 0.25) is 0 Å². The van der Waals surface area contributed by atoms with E-state index in [-0.39, 0.29) is 5.78 Å². The molecule has 0 atom stereocenters. The molecule has 98 valence electrons. The van der Waals surface area contributed by atoms with Gasteiger partial charge in [-0.15, -0.1) is 11.8 Å².